The van der Waals surface area contributed by atoms with Crippen LogP contribution in [-0.2, 0) is 22.4 Å². The van der Waals surface area contributed by atoms with Crippen LogP contribution in [0.15, 0.2) is 0 Å². The average Bonchev–Trinajstić information content (AvgIpc) is 3.17. The van der Waals surface area contributed by atoms with E-state index in [0.29, 0.717) is 25.5 Å². The molecule has 0 atom stereocenters. The summed E-state index contributed by atoms with van der Waals surface area (Å²) >= 11 is 0. The van der Waals surface area contributed by atoms with E-state index in [-0.39, 0.29) is 17.7 Å². The summed E-state index contributed by atoms with van der Waals surface area (Å²) in [6.07, 6.45) is 4.36. The van der Waals surface area contributed by atoms with Gasteiger partial charge in [0.25, 0.3) is 5.91 Å². The van der Waals surface area contributed by atoms with Gasteiger partial charge in [0.1, 0.15) is 0 Å². The minimum absolute atomic E-state index is 0.0737. The summed E-state index contributed by atoms with van der Waals surface area (Å²) in [6, 6.07) is 0.176. The van der Waals surface area contributed by atoms with Gasteiger partial charge >= 0.3 is 0 Å². The van der Waals surface area contributed by atoms with Crippen molar-refractivity contribution in [1.29, 1.82) is 0 Å². The van der Waals surface area contributed by atoms with Gasteiger partial charge in [-0.05, 0) is 12.8 Å². The normalized spacial score (nSPS) is 24.4. The van der Waals surface area contributed by atoms with E-state index in [1.54, 1.807) is 0 Å². The maximum absolute atomic E-state index is 12.5. The Morgan fingerprint density at radius 1 is 1.27 bits per heavy atom. The lowest BCUT2D eigenvalue weighted by Gasteiger charge is -2.35. The summed E-state index contributed by atoms with van der Waals surface area (Å²) in [7, 11) is 0. The molecule has 3 N–H and O–H groups in total. The molecule has 0 aromatic carbocycles. The molecule has 0 radical (unpaired) electrons. The van der Waals surface area contributed by atoms with Crippen LogP contribution in [0.1, 0.15) is 47.4 Å². The van der Waals surface area contributed by atoms with Crippen LogP contribution in [-0.4, -0.2) is 47.7 Å². The molecule has 2 aliphatic heterocycles. The van der Waals surface area contributed by atoms with Crippen LogP contribution in [0.5, 0.6) is 0 Å². The zero-order valence-electron chi connectivity index (χ0n) is 12.6. The van der Waals surface area contributed by atoms with Gasteiger partial charge in [0.15, 0.2) is 11.5 Å². The molecule has 4 rings (SSSR count). The van der Waals surface area contributed by atoms with Crippen molar-refractivity contribution in [3.8, 4) is 0 Å². The molecule has 1 saturated heterocycles. The second kappa shape index (κ2) is 5.64. The van der Waals surface area contributed by atoms with E-state index in [2.05, 4.69) is 20.8 Å². The number of H-pyrrole nitrogens is 1. The van der Waals surface area contributed by atoms with E-state index in [1.807, 2.05) is 0 Å². The molecule has 1 spiro atoms. The third-order valence-corrected chi connectivity index (χ3v) is 4.92. The zero-order valence-corrected chi connectivity index (χ0v) is 12.6. The minimum Gasteiger partial charge on any atom is -0.348 e. The van der Waals surface area contributed by atoms with Gasteiger partial charge < -0.3 is 20.1 Å². The van der Waals surface area contributed by atoms with Gasteiger partial charge in [-0.2, -0.15) is 5.10 Å². The van der Waals surface area contributed by atoms with Gasteiger partial charge in [0.2, 0.25) is 0 Å². The van der Waals surface area contributed by atoms with E-state index in [1.165, 1.54) is 0 Å². The number of amides is 1. The molecule has 3 heterocycles. The predicted octanol–water partition coefficient (Wildman–Crippen LogP) is 0.471. The van der Waals surface area contributed by atoms with Crippen molar-refractivity contribution >= 4 is 5.91 Å². The predicted molar refractivity (Wildman–Crippen MR) is 78.4 cm³/mol. The van der Waals surface area contributed by atoms with Crippen molar-refractivity contribution in [2.45, 2.75) is 50.5 Å². The van der Waals surface area contributed by atoms with Gasteiger partial charge in [-0.25, -0.2) is 0 Å². The first-order valence-corrected chi connectivity index (χ1v) is 8.11. The Bertz CT molecular complexity index is 555. The van der Waals surface area contributed by atoms with Gasteiger partial charge in [0.05, 0.1) is 13.2 Å². The van der Waals surface area contributed by atoms with E-state index in [0.717, 1.165) is 49.9 Å². The fourth-order valence-electron chi connectivity index (χ4n) is 3.65. The van der Waals surface area contributed by atoms with E-state index in [9.17, 15) is 4.79 Å². The van der Waals surface area contributed by atoms with E-state index < -0.39 is 0 Å². The number of nitrogens with zero attached hydrogens (tertiary/aromatic N) is 1. The average molecular weight is 306 g/mol. The van der Waals surface area contributed by atoms with Gasteiger partial charge in [0, 0.05) is 49.7 Å². The molecule has 7 heteroatoms. The SMILES string of the molecule is O=C(NC1CCC2(CC1)OCCO2)c1n[nH]c2c1CNCC2. The highest BCUT2D eigenvalue weighted by Gasteiger charge is 2.40. The van der Waals surface area contributed by atoms with Crippen molar-refractivity contribution < 1.29 is 14.3 Å². The maximum Gasteiger partial charge on any atom is 0.272 e. The van der Waals surface area contributed by atoms with Crippen molar-refractivity contribution in [2.75, 3.05) is 19.8 Å². The summed E-state index contributed by atoms with van der Waals surface area (Å²) in [5.74, 6) is -0.452. The van der Waals surface area contributed by atoms with Gasteiger partial charge in [-0.3, -0.25) is 9.89 Å². The molecule has 2 fully saturated rings. The number of ether oxygens (including phenoxy) is 2. The van der Waals surface area contributed by atoms with Crippen LogP contribution >= 0.6 is 0 Å². The maximum atomic E-state index is 12.5. The lowest BCUT2D eigenvalue weighted by molar-refractivity contribution is -0.179. The van der Waals surface area contributed by atoms with Gasteiger partial charge in [-0.1, -0.05) is 0 Å². The number of hydrogen-bond donors (Lipinski definition) is 3. The number of carbonyl (C=O) groups excluding carboxylic acids is 1. The molecule has 1 aromatic heterocycles. The fourth-order valence-corrected chi connectivity index (χ4v) is 3.65. The smallest absolute Gasteiger partial charge is 0.272 e. The third kappa shape index (κ3) is 2.53. The van der Waals surface area contributed by atoms with Crippen LogP contribution in [0.25, 0.3) is 0 Å². The lowest BCUT2D eigenvalue weighted by Crippen LogP contribution is -2.44. The topological polar surface area (TPSA) is 88.3 Å². The number of carbonyl (C=O) groups is 1. The number of aromatic nitrogens is 2. The standard InChI is InChI=1S/C15H22N4O3/c20-14(13-11-9-16-6-3-12(11)18-19-13)17-10-1-4-15(5-2-10)21-7-8-22-15/h10,16H,1-9H2,(H,17,20)(H,18,19). The summed E-state index contributed by atoms with van der Waals surface area (Å²) < 4.78 is 11.4. The molecule has 7 nitrogen and oxygen atoms in total. The quantitative estimate of drug-likeness (QED) is 0.739. The molecule has 22 heavy (non-hydrogen) atoms. The fraction of sp³-hybridized carbons (Fsp3) is 0.733. The molecule has 1 aromatic rings. The molecule has 3 aliphatic rings. The summed E-state index contributed by atoms with van der Waals surface area (Å²) in [5, 5.41) is 13.6. The molecule has 0 bridgehead atoms. The van der Waals surface area contributed by atoms with Crippen LogP contribution < -0.4 is 10.6 Å². The Labute approximate surface area is 129 Å². The number of aromatic amines is 1. The van der Waals surface area contributed by atoms with Crippen LogP contribution in [0.3, 0.4) is 0 Å². The lowest BCUT2D eigenvalue weighted by atomic mass is 9.90. The molecule has 120 valence electrons. The highest BCUT2D eigenvalue weighted by Crippen LogP contribution is 2.35. The third-order valence-electron chi connectivity index (χ3n) is 4.92. The number of rotatable bonds is 2. The Kier molecular flexibility index (Phi) is 3.63. The second-order valence-corrected chi connectivity index (χ2v) is 6.31. The van der Waals surface area contributed by atoms with Crippen LogP contribution in [0, 0.1) is 0 Å². The van der Waals surface area contributed by atoms with Crippen molar-refractivity contribution in [1.82, 2.24) is 20.8 Å². The first-order valence-electron chi connectivity index (χ1n) is 8.11. The molecule has 1 aliphatic carbocycles. The molecule has 1 amide bonds. The monoisotopic (exact) mass is 306 g/mol. The highest BCUT2D eigenvalue weighted by atomic mass is 16.7. The Hall–Kier alpha value is -1.44. The summed E-state index contributed by atoms with van der Waals surface area (Å²) in [6.45, 7) is 3.01. The summed E-state index contributed by atoms with van der Waals surface area (Å²) in [5.41, 5.74) is 2.63. The molecule has 0 unspecified atom stereocenters. The first-order chi connectivity index (χ1) is 10.8. The van der Waals surface area contributed by atoms with Crippen LogP contribution in [0.4, 0.5) is 0 Å². The van der Waals surface area contributed by atoms with Crippen LogP contribution in [0.2, 0.25) is 0 Å². The van der Waals surface area contributed by atoms with Gasteiger partial charge in [-0.15, -0.1) is 0 Å². The van der Waals surface area contributed by atoms with Crippen molar-refractivity contribution in [3.63, 3.8) is 0 Å². The van der Waals surface area contributed by atoms with E-state index in [4.69, 9.17) is 9.47 Å². The Balaban J connectivity index is 1.38. The molecular formula is C15H22N4O3. The zero-order chi connectivity index (χ0) is 15.0. The summed E-state index contributed by atoms with van der Waals surface area (Å²) in [4.78, 5) is 12.5. The van der Waals surface area contributed by atoms with Crippen molar-refractivity contribution in [2.24, 2.45) is 0 Å². The highest BCUT2D eigenvalue weighted by molar-refractivity contribution is 5.94. The molecule has 1 saturated carbocycles. The Morgan fingerprint density at radius 2 is 2.05 bits per heavy atom. The number of nitrogens with one attached hydrogen (secondary N) is 3. The largest absolute Gasteiger partial charge is 0.348 e. The second-order valence-electron chi connectivity index (χ2n) is 6.31. The molecular weight excluding hydrogens is 284 g/mol. The number of fused-ring (bicyclic) bond motifs is 1. The van der Waals surface area contributed by atoms with E-state index >= 15 is 0 Å². The minimum atomic E-state index is -0.378. The first kappa shape index (κ1) is 14.2. The number of hydrogen-bond acceptors (Lipinski definition) is 5. The van der Waals surface area contributed by atoms with Crippen molar-refractivity contribution in [3.05, 3.63) is 17.0 Å². The Morgan fingerprint density at radius 3 is 2.82 bits per heavy atom.